The molecule has 0 amide bonds. The number of aromatic amines is 1. The lowest BCUT2D eigenvalue weighted by Gasteiger charge is -2.10. The lowest BCUT2D eigenvalue weighted by atomic mass is 10.1. The molecule has 3 rings (SSSR count). The van der Waals surface area contributed by atoms with E-state index >= 15 is 0 Å². The number of carboxylic acid groups (broad SMARTS) is 1. The van der Waals surface area contributed by atoms with E-state index in [1.807, 2.05) is 0 Å². The first-order valence-corrected chi connectivity index (χ1v) is 8.35. The van der Waals surface area contributed by atoms with Crippen LogP contribution in [0.15, 0.2) is 23.0 Å². The molecule has 8 heteroatoms. The molecule has 0 radical (unpaired) electrons. The van der Waals surface area contributed by atoms with Crippen LogP contribution in [0, 0.1) is 5.92 Å². The molecular formula is C13H14N2O5S. The van der Waals surface area contributed by atoms with Crippen LogP contribution in [0.2, 0.25) is 0 Å². The number of hydrogen-bond donors (Lipinski definition) is 2. The number of rotatable bonds is 3. The molecule has 2 aromatic rings. The molecule has 1 unspecified atom stereocenters. The Kier molecular flexibility index (Phi) is 3.12. The van der Waals surface area contributed by atoms with Crippen LogP contribution < -0.4 is 5.69 Å². The third kappa shape index (κ3) is 2.46. The Bertz CT molecular complexity index is 878. The average molecular weight is 310 g/mol. The molecule has 0 saturated carbocycles. The Labute approximate surface area is 120 Å². The first kappa shape index (κ1) is 13.9. The second-order valence-electron chi connectivity index (χ2n) is 5.32. The molecule has 0 aliphatic carbocycles. The molecule has 1 aliphatic rings. The first-order valence-electron chi connectivity index (χ1n) is 6.52. The second kappa shape index (κ2) is 4.73. The summed E-state index contributed by atoms with van der Waals surface area (Å²) in [6.45, 7) is 0.211. The fourth-order valence-electron chi connectivity index (χ4n) is 2.84. The van der Waals surface area contributed by atoms with E-state index in [0.29, 0.717) is 17.5 Å². The van der Waals surface area contributed by atoms with Gasteiger partial charge < -0.3 is 10.1 Å². The van der Waals surface area contributed by atoms with Crippen molar-refractivity contribution in [2.24, 2.45) is 5.92 Å². The molecule has 1 atom stereocenters. The highest BCUT2D eigenvalue weighted by molar-refractivity contribution is 7.91. The summed E-state index contributed by atoms with van der Waals surface area (Å²) in [5, 5.41) is 9.24. The van der Waals surface area contributed by atoms with Crippen LogP contribution in [0.4, 0.5) is 0 Å². The summed E-state index contributed by atoms with van der Waals surface area (Å²) in [7, 11) is -3.03. The van der Waals surface area contributed by atoms with Crippen molar-refractivity contribution in [3.63, 3.8) is 0 Å². The minimum Gasteiger partial charge on any atom is -0.478 e. The van der Waals surface area contributed by atoms with Gasteiger partial charge in [0.05, 0.1) is 28.1 Å². The Hall–Kier alpha value is -2.09. The third-order valence-corrected chi connectivity index (χ3v) is 5.63. The van der Waals surface area contributed by atoms with E-state index in [9.17, 15) is 23.1 Å². The number of carboxylic acids is 1. The molecule has 2 N–H and O–H groups in total. The molecular weight excluding hydrogens is 296 g/mol. The fraction of sp³-hybridized carbons (Fsp3) is 0.385. The number of sulfone groups is 1. The van der Waals surface area contributed by atoms with Gasteiger partial charge in [0, 0.05) is 6.54 Å². The molecule has 1 aromatic carbocycles. The zero-order valence-corrected chi connectivity index (χ0v) is 11.9. The largest absolute Gasteiger partial charge is 0.478 e. The van der Waals surface area contributed by atoms with Gasteiger partial charge in [0.15, 0.2) is 9.84 Å². The molecule has 112 valence electrons. The molecule has 1 aliphatic heterocycles. The van der Waals surface area contributed by atoms with Gasteiger partial charge in [0.25, 0.3) is 0 Å². The predicted molar refractivity (Wildman–Crippen MR) is 76.3 cm³/mol. The SMILES string of the molecule is O=C(O)c1cccc2[nH]c(=O)n(CC3CCS(=O)(=O)C3)c12. The van der Waals surface area contributed by atoms with E-state index in [1.54, 1.807) is 12.1 Å². The molecule has 0 spiro atoms. The smallest absolute Gasteiger partial charge is 0.337 e. The van der Waals surface area contributed by atoms with Gasteiger partial charge in [-0.3, -0.25) is 4.57 Å². The number of benzene rings is 1. The van der Waals surface area contributed by atoms with Crippen molar-refractivity contribution in [1.82, 2.24) is 9.55 Å². The minimum atomic E-state index is -3.03. The number of imidazole rings is 1. The monoisotopic (exact) mass is 310 g/mol. The number of nitrogens with zero attached hydrogens (tertiary/aromatic N) is 1. The average Bonchev–Trinajstić information content (AvgIpc) is 2.90. The van der Waals surface area contributed by atoms with Crippen molar-refractivity contribution in [1.29, 1.82) is 0 Å². The zero-order chi connectivity index (χ0) is 15.2. The highest BCUT2D eigenvalue weighted by atomic mass is 32.2. The Morgan fingerprint density at radius 3 is 2.81 bits per heavy atom. The third-order valence-electron chi connectivity index (χ3n) is 3.79. The molecule has 1 aromatic heterocycles. The summed E-state index contributed by atoms with van der Waals surface area (Å²) in [4.78, 5) is 25.9. The van der Waals surface area contributed by atoms with Crippen molar-refractivity contribution < 1.29 is 18.3 Å². The Morgan fingerprint density at radius 2 is 2.19 bits per heavy atom. The predicted octanol–water partition coefficient (Wildman–Crippen LogP) is 0.463. The maximum atomic E-state index is 12.0. The normalized spacial score (nSPS) is 20.9. The van der Waals surface area contributed by atoms with E-state index in [0.717, 1.165) is 0 Å². The number of H-pyrrole nitrogens is 1. The zero-order valence-electron chi connectivity index (χ0n) is 11.1. The molecule has 1 fully saturated rings. The molecule has 0 bridgehead atoms. The lowest BCUT2D eigenvalue weighted by Crippen LogP contribution is -2.23. The van der Waals surface area contributed by atoms with Gasteiger partial charge in [-0.05, 0) is 24.5 Å². The van der Waals surface area contributed by atoms with E-state index in [-0.39, 0.29) is 29.5 Å². The number of para-hydroxylation sites is 1. The van der Waals surface area contributed by atoms with Crippen LogP contribution in [-0.2, 0) is 16.4 Å². The molecule has 7 nitrogen and oxygen atoms in total. The van der Waals surface area contributed by atoms with E-state index in [1.165, 1.54) is 10.6 Å². The number of hydrogen-bond acceptors (Lipinski definition) is 4. The second-order valence-corrected chi connectivity index (χ2v) is 7.55. The topological polar surface area (TPSA) is 109 Å². The van der Waals surface area contributed by atoms with Crippen molar-refractivity contribution in [3.8, 4) is 0 Å². The molecule has 2 heterocycles. The van der Waals surface area contributed by atoms with Gasteiger partial charge in [-0.25, -0.2) is 18.0 Å². The minimum absolute atomic E-state index is 0.0340. The van der Waals surface area contributed by atoms with Gasteiger partial charge in [-0.15, -0.1) is 0 Å². The lowest BCUT2D eigenvalue weighted by molar-refractivity contribution is 0.0698. The summed E-state index contributed by atoms with van der Waals surface area (Å²) in [6.07, 6.45) is 0.497. The van der Waals surface area contributed by atoms with Gasteiger partial charge in [-0.1, -0.05) is 6.07 Å². The van der Waals surface area contributed by atoms with Gasteiger partial charge in [-0.2, -0.15) is 0 Å². The van der Waals surface area contributed by atoms with E-state index < -0.39 is 21.5 Å². The highest BCUT2D eigenvalue weighted by Crippen LogP contribution is 2.23. The van der Waals surface area contributed by atoms with E-state index in [4.69, 9.17) is 0 Å². The van der Waals surface area contributed by atoms with Crippen LogP contribution in [-0.4, -0.2) is 40.6 Å². The highest BCUT2D eigenvalue weighted by Gasteiger charge is 2.29. The maximum Gasteiger partial charge on any atom is 0.337 e. The van der Waals surface area contributed by atoms with Crippen LogP contribution in [0.3, 0.4) is 0 Å². The van der Waals surface area contributed by atoms with Gasteiger partial charge in [0.1, 0.15) is 0 Å². The van der Waals surface area contributed by atoms with Crippen molar-refractivity contribution >= 4 is 26.8 Å². The van der Waals surface area contributed by atoms with Crippen molar-refractivity contribution in [2.45, 2.75) is 13.0 Å². The summed E-state index contributed by atoms with van der Waals surface area (Å²) in [5.41, 5.74) is 0.384. The van der Waals surface area contributed by atoms with Crippen LogP contribution in [0.1, 0.15) is 16.8 Å². The number of aromatic nitrogens is 2. The summed E-state index contributed by atoms with van der Waals surface area (Å²) >= 11 is 0. The number of aromatic carboxylic acids is 1. The maximum absolute atomic E-state index is 12.0. The summed E-state index contributed by atoms with van der Waals surface area (Å²) < 4.78 is 24.3. The van der Waals surface area contributed by atoms with Crippen LogP contribution >= 0.6 is 0 Å². The van der Waals surface area contributed by atoms with Crippen LogP contribution in [0.25, 0.3) is 11.0 Å². The van der Waals surface area contributed by atoms with Gasteiger partial charge >= 0.3 is 11.7 Å². The van der Waals surface area contributed by atoms with Crippen molar-refractivity contribution in [2.75, 3.05) is 11.5 Å². The standard InChI is InChI=1S/C13H14N2O5S/c16-12(17)9-2-1-3-10-11(9)15(13(18)14-10)6-8-4-5-21(19,20)7-8/h1-3,8H,4-7H2,(H,14,18)(H,16,17). The van der Waals surface area contributed by atoms with E-state index in [2.05, 4.69) is 4.98 Å². The first-order chi connectivity index (χ1) is 9.87. The fourth-order valence-corrected chi connectivity index (χ4v) is 4.69. The molecule has 21 heavy (non-hydrogen) atoms. The summed E-state index contributed by atoms with van der Waals surface area (Å²) in [6, 6.07) is 4.62. The van der Waals surface area contributed by atoms with Crippen molar-refractivity contribution in [3.05, 3.63) is 34.2 Å². The van der Waals surface area contributed by atoms with Crippen LogP contribution in [0.5, 0.6) is 0 Å². The van der Waals surface area contributed by atoms with Gasteiger partial charge in [0.2, 0.25) is 0 Å². The Morgan fingerprint density at radius 1 is 1.43 bits per heavy atom. The number of nitrogens with one attached hydrogen (secondary N) is 1. The molecule has 1 saturated heterocycles. The Balaban J connectivity index is 2.08. The summed E-state index contributed by atoms with van der Waals surface area (Å²) in [5.74, 6) is -1.11. The quantitative estimate of drug-likeness (QED) is 0.856. The number of fused-ring (bicyclic) bond motifs is 1. The number of carbonyl (C=O) groups is 1.